The molecule has 3 nitrogen and oxygen atoms in total. The number of primary amides is 1. The van der Waals surface area contributed by atoms with E-state index in [9.17, 15) is 4.39 Å². The van der Waals surface area contributed by atoms with Crippen LogP contribution in [0.4, 0.5) is 9.18 Å². The molecule has 1 amide bonds. The molecule has 0 aromatic heterocycles. The Kier molecular flexibility index (Phi) is 11.8. The van der Waals surface area contributed by atoms with Gasteiger partial charge in [0, 0.05) is 0 Å². The zero-order chi connectivity index (χ0) is 6.28. The lowest BCUT2D eigenvalue weighted by Gasteiger charge is -1.61. The minimum Gasteiger partial charge on any atom is -0.465 e. The van der Waals surface area contributed by atoms with Gasteiger partial charge in [0.1, 0.15) is 0 Å². The Morgan fingerprint density at radius 2 is 2.00 bits per heavy atom. The molecule has 0 spiro atoms. The highest BCUT2D eigenvalue weighted by molar-refractivity contribution is 5.61. The van der Waals surface area contributed by atoms with Crippen molar-refractivity contribution in [3.63, 3.8) is 0 Å². The highest BCUT2D eigenvalue weighted by Gasteiger charge is 1.65. The smallest absolute Gasteiger partial charge is 0.402 e. The van der Waals surface area contributed by atoms with Crippen LogP contribution < -0.4 is 5.73 Å². The first-order valence-electron chi connectivity index (χ1n) is 1.34. The molecule has 0 bridgehead atoms. The van der Waals surface area contributed by atoms with Crippen LogP contribution in [0.25, 0.3) is 0 Å². The summed E-state index contributed by atoms with van der Waals surface area (Å²) >= 11 is 0. The fourth-order valence-corrected chi connectivity index (χ4v) is 0. The van der Waals surface area contributed by atoms with E-state index in [2.05, 4.69) is 12.3 Å². The molecule has 42 valence electrons. The average Bonchev–Trinajstić information content (AvgIpc) is 1.33. The second-order valence-electron chi connectivity index (χ2n) is 0.493. The highest BCUT2D eigenvalue weighted by atomic mass is 19.1. The average molecular weight is 107 g/mol. The maximum Gasteiger partial charge on any atom is 0.402 e. The van der Waals surface area contributed by atoms with Crippen LogP contribution >= 0.6 is 0 Å². The molecule has 0 fully saturated rings. The van der Waals surface area contributed by atoms with E-state index < -0.39 is 6.09 Å². The number of carbonyl (C=O) groups is 1. The summed E-state index contributed by atoms with van der Waals surface area (Å²) in [5.41, 5.74) is 4.03. The Balaban J connectivity index is 0. The molecule has 0 aromatic rings. The van der Waals surface area contributed by atoms with Gasteiger partial charge in [0.15, 0.2) is 0 Å². The molecule has 3 N–H and O–H groups in total. The quantitative estimate of drug-likeness (QED) is 0.479. The molecule has 0 heterocycles. The topological polar surface area (TPSA) is 63.3 Å². The molecular formula is C3H6FNO2. The molecule has 0 unspecified atom stereocenters. The van der Waals surface area contributed by atoms with E-state index in [-0.39, 0.29) is 6.33 Å². The molecule has 0 atom stereocenters. The van der Waals surface area contributed by atoms with E-state index in [0.717, 1.165) is 0 Å². The van der Waals surface area contributed by atoms with Crippen LogP contribution in [-0.2, 0) is 0 Å². The summed E-state index contributed by atoms with van der Waals surface area (Å²) in [7, 11) is 0. The fraction of sp³-hybridized carbons (Fsp3) is 0. The van der Waals surface area contributed by atoms with Gasteiger partial charge in [0.25, 0.3) is 0 Å². The van der Waals surface area contributed by atoms with E-state index in [1.54, 1.807) is 0 Å². The van der Waals surface area contributed by atoms with Crippen molar-refractivity contribution in [2.24, 2.45) is 5.73 Å². The van der Waals surface area contributed by atoms with Crippen molar-refractivity contribution in [3.8, 4) is 0 Å². The predicted molar refractivity (Wildman–Crippen MR) is 23.5 cm³/mol. The van der Waals surface area contributed by atoms with Gasteiger partial charge in [-0.15, -0.1) is 0 Å². The largest absolute Gasteiger partial charge is 0.465 e. The van der Waals surface area contributed by atoms with Gasteiger partial charge >= 0.3 is 6.09 Å². The summed E-state index contributed by atoms with van der Waals surface area (Å²) in [5, 5.41) is 7.19. The van der Waals surface area contributed by atoms with Crippen molar-refractivity contribution in [1.82, 2.24) is 0 Å². The van der Waals surface area contributed by atoms with E-state index in [1.807, 2.05) is 0 Å². The number of halogens is 1. The Morgan fingerprint density at radius 1 is 2.00 bits per heavy atom. The van der Waals surface area contributed by atoms with Crippen molar-refractivity contribution < 1.29 is 14.3 Å². The van der Waals surface area contributed by atoms with Gasteiger partial charge in [-0.2, -0.15) is 0 Å². The van der Waals surface area contributed by atoms with Crippen LogP contribution in [0.5, 0.6) is 0 Å². The maximum atomic E-state index is 10.1. The highest BCUT2D eigenvalue weighted by Crippen LogP contribution is 1.48. The first-order chi connectivity index (χ1) is 3.15. The number of hydrogen-bond donors (Lipinski definition) is 2. The van der Waals surface area contributed by atoms with E-state index in [4.69, 9.17) is 9.90 Å². The second kappa shape index (κ2) is 8.87. The van der Waals surface area contributed by atoms with Crippen LogP contribution in [-0.4, -0.2) is 11.2 Å². The van der Waals surface area contributed by atoms with Gasteiger partial charge in [0.05, 0.1) is 6.33 Å². The fourth-order valence-electron chi connectivity index (χ4n) is 0. The lowest BCUT2D eigenvalue weighted by atomic mass is 11.2. The summed E-state index contributed by atoms with van der Waals surface area (Å²) in [6, 6.07) is 0. The Labute approximate surface area is 40.2 Å². The standard InChI is InChI=1S/C2H3F.CH3NO2/c1-2-3;2-1(3)4/h2H,1H2;2H2,(H,3,4). The molecule has 4 heteroatoms. The predicted octanol–water partition coefficient (Wildman–Crippen LogP) is 0.723. The van der Waals surface area contributed by atoms with Gasteiger partial charge in [-0.3, -0.25) is 0 Å². The van der Waals surface area contributed by atoms with Crippen LogP contribution in [0.15, 0.2) is 12.9 Å². The SMILES string of the molecule is C=CF.NC(=O)O. The van der Waals surface area contributed by atoms with Crippen LogP contribution in [0.1, 0.15) is 0 Å². The summed E-state index contributed by atoms with van der Waals surface area (Å²) in [5.74, 6) is 0. The summed E-state index contributed by atoms with van der Waals surface area (Å²) in [6.07, 6.45) is -1.08. The Morgan fingerprint density at radius 3 is 2.00 bits per heavy atom. The third-order valence-corrected chi connectivity index (χ3v) is 0. The minimum absolute atomic E-state index is 0.250. The Bertz CT molecular complexity index is 60.0. The lowest BCUT2D eigenvalue weighted by molar-refractivity contribution is 0.205. The van der Waals surface area contributed by atoms with Crippen molar-refractivity contribution >= 4 is 6.09 Å². The molecule has 0 aromatic carbocycles. The van der Waals surface area contributed by atoms with Crippen LogP contribution in [0, 0.1) is 0 Å². The molecular weight excluding hydrogens is 101 g/mol. The number of rotatable bonds is 0. The summed E-state index contributed by atoms with van der Waals surface area (Å²) in [4.78, 5) is 8.78. The molecule has 0 radical (unpaired) electrons. The van der Waals surface area contributed by atoms with Gasteiger partial charge in [-0.1, -0.05) is 6.58 Å². The summed E-state index contributed by atoms with van der Waals surface area (Å²) < 4.78 is 10.1. The normalized spacial score (nSPS) is 5.29. The molecule has 0 rings (SSSR count). The number of nitrogens with two attached hydrogens (primary N) is 1. The van der Waals surface area contributed by atoms with Crippen LogP contribution in [0.3, 0.4) is 0 Å². The minimum atomic E-state index is -1.33. The van der Waals surface area contributed by atoms with Crippen molar-refractivity contribution in [1.29, 1.82) is 0 Å². The monoisotopic (exact) mass is 107 g/mol. The van der Waals surface area contributed by atoms with Gasteiger partial charge in [-0.25, -0.2) is 9.18 Å². The maximum absolute atomic E-state index is 10.1. The van der Waals surface area contributed by atoms with Crippen molar-refractivity contribution in [2.75, 3.05) is 0 Å². The van der Waals surface area contributed by atoms with Crippen molar-refractivity contribution in [2.45, 2.75) is 0 Å². The second-order valence-corrected chi connectivity index (χ2v) is 0.493. The number of amides is 1. The van der Waals surface area contributed by atoms with E-state index in [1.165, 1.54) is 0 Å². The first-order valence-corrected chi connectivity index (χ1v) is 1.34. The van der Waals surface area contributed by atoms with Gasteiger partial charge in [0.2, 0.25) is 0 Å². The van der Waals surface area contributed by atoms with Crippen molar-refractivity contribution in [3.05, 3.63) is 12.9 Å². The number of hydrogen-bond acceptors (Lipinski definition) is 1. The lowest BCUT2D eigenvalue weighted by Crippen LogP contribution is -2.03. The van der Waals surface area contributed by atoms with E-state index in [0.29, 0.717) is 0 Å². The molecule has 0 saturated heterocycles. The molecule has 0 aliphatic carbocycles. The molecule has 0 saturated carbocycles. The first kappa shape index (κ1) is 9.34. The molecule has 0 aliphatic rings. The Hall–Kier alpha value is -1.06. The van der Waals surface area contributed by atoms with Crippen LogP contribution in [0.2, 0.25) is 0 Å². The zero-order valence-corrected chi connectivity index (χ0v) is 3.60. The van der Waals surface area contributed by atoms with Gasteiger partial charge < -0.3 is 10.8 Å². The summed E-state index contributed by atoms with van der Waals surface area (Å²) in [6.45, 7) is 2.69. The third-order valence-electron chi connectivity index (χ3n) is 0. The zero-order valence-electron chi connectivity index (χ0n) is 3.60. The number of carboxylic acid groups (broad SMARTS) is 1. The van der Waals surface area contributed by atoms with Gasteiger partial charge in [-0.05, 0) is 0 Å². The third kappa shape index (κ3) is 38.0. The molecule has 0 aliphatic heterocycles. The molecule has 7 heavy (non-hydrogen) atoms. The van der Waals surface area contributed by atoms with E-state index >= 15 is 0 Å².